The molecule has 1 heterocycles. The summed E-state index contributed by atoms with van der Waals surface area (Å²) in [5.74, 6) is -3.38. The SMILES string of the molecule is C=C1C(=O)OOC(=O)C1(C(=O)CCCCCCC)C(=O)CCCCCCC. The van der Waals surface area contributed by atoms with Crippen molar-refractivity contribution in [2.24, 2.45) is 5.41 Å². The van der Waals surface area contributed by atoms with Gasteiger partial charge >= 0.3 is 11.9 Å². The fourth-order valence-electron chi connectivity index (χ4n) is 3.34. The fraction of sp³-hybridized carbons (Fsp3) is 0.714. The molecule has 0 amide bonds. The van der Waals surface area contributed by atoms with Crippen LogP contribution in [0.15, 0.2) is 12.2 Å². The second-order valence-corrected chi connectivity index (χ2v) is 7.14. The molecule has 0 bridgehead atoms. The molecule has 6 heteroatoms. The summed E-state index contributed by atoms with van der Waals surface area (Å²) in [6, 6.07) is 0. The zero-order valence-corrected chi connectivity index (χ0v) is 16.6. The van der Waals surface area contributed by atoms with Crippen LogP contribution in [0.25, 0.3) is 0 Å². The predicted molar refractivity (Wildman–Crippen MR) is 101 cm³/mol. The van der Waals surface area contributed by atoms with Gasteiger partial charge in [0.1, 0.15) is 0 Å². The number of Topliss-reactive ketones (excluding diaryl/α,β-unsaturated/α-hetero) is 2. The molecule has 1 fully saturated rings. The van der Waals surface area contributed by atoms with E-state index in [9.17, 15) is 19.2 Å². The Kier molecular flexibility index (Phi) is 9.97. The van der Waals surface area contributed by atoms with Crippen molar-refractivity contribution in [2.45, 2.75) is 90.9 Å². The summed E-state index contributed by atoms with van der Waals surface area (Å²) in [7, 11) is 0. The Balaban J connectivity index is 2.87. The lowest BCUT2D eigenvalue weighted by atomic mass is 9.70. The Bertz CT molecular complexity index is 537. The number of carbonyl (C=O) groups excluding carboxylic acids is 4. The summed E-state index contributed by atoms with van der Waals surface area (Å²) in [6.07, 6.45) is 9.07. The lowest BCUT2D eigenvalue weighted by molar-refractivity contribution is -0.269. The van der Waals surface area contributed by atoms with Crippen LogP contribution in [0.4, 0.5) is 0 Å². The Morgan fingerprint density at radius 1 is 0.778 bits per heavy atom. The van der Waals surface area contributed by atoms with Crippen LogP contribution in [0.5, 0.6) is 0 Å². The molecule has 1 rings (SSSR count). The van der Waals surface area contributed by atoms with E-state index in [1.165, 1.54) is 0 Å². The summed E-state index contributed by atoms with van der Waals surface area (Å²) in [6.45, 7) is 7.72. The van der Waals surface area contributed by atoms with E-state index in [4.69, 9.17) is 0 Å². The molecule has 0 aromatic heterocycles. The summed E-state index contributed by atoms with van der Waals surface area (Å²) in [5, 5.41) is 0. The fourth-order valence-corrected chi connectivity index (χ4v) is 3.34. The van der Waals surface area contributed by atoms with Gasteiger partial charge in [-0.1, -0.05) is 71.8 Å². The maximum absolute atomic E-state index is 12.9. The average molecular weight is 380 g/mol. The number of rotatable bonds is 14. The molecule has 0 unspecified atom stereocenters. The van der Waals surface area contributed by atoms with Gasteiger partial charge in [0.2, 0.25) is 5.41 Å². The van der Waals surface area contributed by atoms with Crippen molar-refractivity contribution in [1.29, 1.82) is 0 Å². The molecule has 0 N–H and O–H groups in total. The molecule has 1 aliphatic heterocycles. The first-order chi connectivity index (χ1) is 12.9. The van der Waals surface area contributed by atoms with E-state index in [0.29, 0.717) is 12.8 Å². The van der Waals surface area contributed by atoms with Crippen LogP contribution in [0.2, 0.25) is 0 Å². The van der Waals surface area contributed by atoms with Gasteiger partial charge in [0.25, 0.3) is 0 Å². The molecular weight excluding hydrogens is 348 g/mol. The first-order valence-electron chi connectivity index (χ1n) is 10.1. The molecule has 0 spiro atoms. The Hall–Kier alpha value is -1.98. The maximum atomic E-state index is 12.9. The smallest absolute Gasteiger partial charge is 0.298 e. The largest absolute Gasteiger partial charge is 0.383 e. The molecular formula is C21H32O6. The van der Waals surface area contributed by atoms with Gasteiger partial charge in [-0.15, -0.1) is 0 Å². The Morgan fingerprint density at radius 3 is 1.67 bits per heavy atom. The summed E-state index contributed by atoms with van der Waals surface area (Å²) in [4.78, 5) is 58.8. The highest BCUT2D eigenvalue weighted by atomic mass is 17.2. The molecule has 0 aromatic carbocycles. The van der Waals surface area contributed by atoms with Crippen molar-refractivity contribution in [3.05, 3.63) is 12.2 Å². The molecule has 1 aliphatic rings. The summed E-state index contributed by atoms with van der Waals surface area (Å²) in [5.41, 5.74) is -2.65. The molecule has 0 saturated carbocycles. The third-order valence-corrected chi connectivity index (χ3v) is 5.05. The zero-order chi connectivity index (χ0) is 20.3. The average Bonchev–Trinajstić information content (AvgIpc) is 2.65. The number of unbranched alkanes of at least 4 members (excludes halogenated alkanes) is 8. The first kappa shape index (κ1) is 23.1. The highest BCUT2D eigenvalue weighted by molar-refractivity contribution is 6.30. The molecule has 6 nitrogen and oxygen atoms in total. The lowest BCUT2D eigenvalue weighted by Crippen LogP contribution is -2.53. The van der Waals surface area contributed by atoms with E-state index >= 15 is 0 Å². The van der Waals surface area contributed by atoms with Gasteiger partial charge in [-0.3, -0.25) is 9.59 Å². The molecule has 0 aromatic rings. The molecule has 0 aliphatic carbocycles. The van der Waals surface area contributed by atoms with Gasteiger partial charge in [0.05, 0.1) is 5.57 Å². The highest BCUT2D eigenvalue weighted by Gasteiger charge is 2.60. The van der Waals surface area contributed by atoms with E-state index < -0.39 is 34.5 Å². The van der Waals surface area contributed by atoms with Crippen molar-refractivity contribution in [3.8, 4) is 0 Å². The Morgan fingerprint density at radius 2 is 1.22 bits per heavy atom. The highest BCUT2D eigenvalue weighted by Crippen LogP contribution is 2.38. The van der Waals surface area contributed by atoms with Crippen LogP contribution in [-0.2, 0) is 29.0 Å². The summed E-state index contributed by atoms with van der Waals surface area (Å²) < 4.78 is 0. The van der Waals surface area contributed by atoms with E-state index in [1.807, 2.05) is 0 Å². The van der Waals surface area contributed by atoms with Gasteiger partial charge in [0.15, 0.2) is 11.6 Å². The standard InChI is InChI=1S/C21H32O6/c1-4-6-8-10-12-14-17(22)21(16(3)19(24)26-27-20(21)25)18(23)15-13-11-9-7-5-2/h3-15H2,1-2H3. The van der Waals surface area contributed by atoms with Crippen molar-refractivity contribution >= 4 is 23.5 Å². The van der Waals surface area contributed by atoms with Crippen molar-refractivity contribution in [2.75, 3.05) is 0 Å². The second-order valence-electron chi connectivity index (χ2n) is 7.14. The maximum Gasteiger partial charge on any atom is 0.383 e. The van der Waals surface area contributed by atoms with Crippen LogP contribution in [-0.4, -0.2) is 23.5 Å². The van der Waals surface area contributed by atoms with Crippen LogP contribution < -0.4 is 0 Å². The number of carbonyl (C=O) groups is 4. The van der Waals surface area contributed by atoms with Crippen molar-refractivity contribution in [3.63, 3.8) is 0 Å². The van der Waals surface area contributed by atoms with E-state index in [0.717, 1.165) is 51.4 Å². The quantitative estimate of drug-likeness (QED) is 0.192. The van der Waals surface area contributed by atoms with Crippen LogP contribution in [0, 0.1) is 5.41 Å². The molecule has 1 saturated heterocycles. The van der Waals surface area contributed by atoms with Crippen LogP contribution in [0.1, 0.15) is 90.9 Å². The minimum Gasteiger partial charge on any atom is -0.298 e. The molecule has 0 atom stereocenters. The van der Waals surface area contributed by atoms with Crippen molar-refractivity contribution in [1.82, 2.24) is 0 Å². The topological polar surface area (TPSA) is 86.7 Å². The molecule has 27 heavy (non-hydrogen) atoms. The predicted octanol–water partition coefficient (Wildman–Crippen LogP) is 4.40. The van der Waals surface area contributed by atoms with Crippen LogP contribution in [0.3, 0.4) is 0 Å². The minimum atomic E-state index is -2.23. The number of hydrogen-bond acceptors (Lipinski definition) is 6. The van der Waals surface area contributed by atoms with Gasteiger partial charge in [0, 0.05) is 12.8 Å². The van der Waals surface area contributed by atoms with Gasteiger partial charge in [-0.25, -0.2) is 19.4 Å². The normalized spacial score (nSPS) is 16.0. The zero-order valence-electron chi connectivity index (χ0n) is 16.6. The third kappa shape index (κ3) is 5.75. The van der Waals surface area contributed by atoms with E-state index in [2.05, 4.69) is 30.2 Å². The second kappa shape index (κ2) is 11.7. The molecule has 0 radical (unpaired) electrons. The van der Waals surface area contributed by atoms with Crippen molar-refractivity contribution < 1.29 is 29.0 Å². The Labute approximate surface area is 161 Å². The van der Waals surface area contributed by atoms with E-state index in [1.54, 1.807) is 0 Å². The first-order valence-corrected chi connectivity index (χ1v) is 10.1. The number of hydrogen-bond donors (Lipinski definition) is 0. The van der Waals surface area contributed by atoms with Gasteiger partial charge in [-0.2, -0.15) is 0 Å². The monoisotopic (exact) mass is 380 g/mol. The van der Waals surface area contributed by atoms with E-state index in [-0.39, 0.29) is 12.8 Å². The molecule has 152 valence electrons. The van der Waals surface area contributed by atoms with Gasteiger partial charge < -0.3 is 0 Å². The van der Waals surface area contributed by atoms with Gasteiger partial charge in [-0.05, 0) is 12.8 Å². The minimum absolute atomic E-state index is 0.0344. The summed E-state index contributed by atoms with van der Waals surface area (Å²) >= 11 is 0. The van der Waals surface area contributed by atoms with Crippen LogP contribution >= 0.6 is 0 Å². The third-order valence-electron chi connectivity index (χ3n) is 5.05. The lowest BCUT2D eigenvalue weighted by Gasteiger charge is -2.31. The number of ketones is 2.